The van der Waals surface area contributed by atoms with Crippen LogP contribution in [-0.2, 0) is 6.61 Å². The zero-order chi connectivity index (χ0) is 15.7. The molecule has 0 saturated heterocycles. The Morgan fingerprint density at radius 3 is 2.57 bits per heavy atom. The summed E-state index contributed by atoms with van der Waals surface area (Å²) in [5.74, 6) is 1.47. The van der Waals surface area contributed by atoms with Crippen LogP contribution in [0.3, 0.4) is 0 Å². The van der Waals surface area contributed by atoms with E-state index in [1.165, 1.54) is 0 Å². The van der Waals surface area contributed by atoms with Crippen molar-refractivity contribution < 1.29 is 9.15 Å². The Kier molecular flexibility index (Phi) is 4.98. The third-order valence-corrected chi connectivity index (χ3v) is 3.11. The predicted molar refractivity (Wildman–Crippen MR) is 91.1 cm³/mol. The molecule has 0 bridgehead atoms. The Balaban J connectivity index is 1.58. The van der Waals surface area contributed by atoms with Crippen LogP contribution in [0.5, 0.6) is 5.75 Å². The number of furan rings is 1. The van der Waals surface area contributed by atoms with E-state index in [1.807, 2.05) is 60.7 Å². The number of rotatable bonds is 6. The van der Waals surface area contributed by atoms with E-state index >= 15 is 0 Å². The van der Waals surface area contributed by atoms with Gasteiger partial charge in [-0.2, -0.15) is 10.2 Å². The van der Waals surface area contributed by atoms with Gasteiger partial charge in [0.05, 0.1) is 18.7 Å². The molecule has 0 amide bonds. The number of benzene rings is 2. The second-order valence-electron chi connectivity index (χ2n) is 4.85. The molecule has 0 fully saturated rings. The molecule has 3 aromatic rings. The van der Waals surface area contributed by atoms with Crippen LogP contribution in [0.4, 0.5) is 0 Å². The lowest BCUT2D eigenvalue weighted by Crippen LogP contribution is -1.95. The lowest BCUT2D eigenvalue weighted by Gasteiger charge is -2.06. The third-order valence-electron chi connectivity index (χ3n) is 3.11. The van der Waals surface area contributed by atoms with Gasteiger partial charge in [-0.15, -0.1) is 0 Å². The first-order chi connectivity index (χ1) is 11.4. The molecule has 0 N–H and O–H groups in total. The normalized spacial score (nSPS) is 11.3. The molecule has 4 nitrogen and oxygen atoms in total. The summed E-state index contributed by atoms with van der Waals surface area (Å²) < 4.78 is 10.9. The van der Waals surface area contributed by atoms with Crippen molar-refractivity contribution in [3.05, 3.63) is 89.9 Å². The van der Waals surface area contributed by atoms with E-state index in [2.05, 4.69) is 10.2 Å². The van der Waals surface area contributed by atoms with Crippen LogP contribution in [0.15, 0.2) is 87.6 Å². The van der Waals surface area contributed by atoms with Crippen LogP contribution in [0.2, 0.25) is 0 Å². The Morgan fingerprint density at radius 2 is 1.74 bits per heavy atom. The van der Waals surface area contributed by atoms with E-state index in [1.54, 1.807) is 24.8 Å². The Bertz CT molecular complexity index is 778. The minimum Gasteiger partial charge on any atom is -0.489 e. The summed E-state index contributed by atoms with van der Waals surface area (Å²) >= 11 is 0. The summed E-state index contributed by atoms with van der Waals surface area (Å²) in [7, 11) is 0. The quantitative estimate of drug-likeness (QED) is 0.503. The molecule has 114 valence electrons. The molecule has 2 aromatic carbocycles. The van der Waals surface area contributed by atoms with E-state index in [4.69, 9.17) is 9.15 Å². The molecule has 23 heavy (non-hydrogen) atoms. The second kappa shape index (κ2) is 7.75. The summed E-state index contributed by atoms with van der Waals surface area (Å²) in [6, 6.07) is 21.4. The minimum absolute atomic E-state index is 0.540. The van der Waals surface area contributed by atoms with Gasteiger partial charge in [0.2, 0.25) is 0 Å². The Labute approximate surface area is 134 Å². The van der Waals surface area contributed by atoms with Gasteiger partial charge in [-0.3, -0.25) is 0 Å². The van der Waals surface area contributed by atoms with E-state index in [0.717, 1.165) is 16.9 Å². The molecule has 0 aliphatic rings. The van der Waals surface area contributed by atoms with Gasteiger partial charge < -0.3 is 9.15 Å². The number of nitrogens with zero attached hydrogens (tertiary/aromatic N) is 2. The molecular formula is C19H16N2O2. The van der Waals surface area contributed by atoms with Crippen LogP contribution >= 0.6 is 0 Å². The van der Waals surface area contributed by atoms with Gasteiger partial charge in [-0.1, -0.05) is 42.5 Å². The second-order valence-corrected chi connectivity index (χ2v) is 4.85. The van der Waals surface area contributed by atoms with E-state index in [9.17, 15) is 0 Å². The van der Waals surface area contributed by atoms with Crippen LogP contribution < -0.4 is 4.74 Å². The zero-order valence-electron chi connectivity index (χ0n) is 12.5. The number of ether oxygens (including phenoxy) is 1. The highest BCUT2D eigenvalue weighted by molar-refractivity contribution is 5.81. The molecule has 1 aromatic heterocycles. The summed E-state index contributed by atoms with van der Waals surface area (Å²) in [5, 5.41) is 7.95. The molecule has 0 radical (unpaired) electrons. The largest absolute Gasteiger partial charge is 0.489 e. The predicted octanol–water partition coefficient (Wildman–Crippen LogP) is 4.31. The van der Waals surface area contributed by atoms with Crippen molar-refractivity contribution in [2.45, 2.75) is 6.61 Å². The van der Waals surface area contributed by atoms with Crippen molar-refractivity contribution in [1.29, 1.82) is 0 Å². The van der Waals surface area contributed by atoms with E-state index in [-0.39, 0.29) is 0 Å². The lowest BCUT2D eigenvalue weighted by atomic mass is 10.2. The van der Waals surface area contributed by atoms with Crippen molar-refractivity contribution in [3.8, 4) is 5.75 Å². The first kappa shape index (κ1) is 14.8. The average Bonchev–Trinajstić information content (AvgIpc) is 3.12. The smallest absolute Gasteiger partial charge is 0.146 e. The zero-order valence-corrected chi connectivity index (χ0v) is 12.5. The SMILES string of the molecule is C(=N/N=C/c1ccco1)/c1cccc(OCc2ccccc2)c1. The van der Waals surface area contributed by atoms with Gasteiger partial charge in [0.1, 0.15) is 18.1 Å². The average molecular weight is 304 g/mol. The highest BCUT2D eigenvalue weighted by Gasteiger charge is 1.96. The molecule has 0 aliphatic carbocycles. The standard InChI is InChI=1S/C19H16N2O2/c1-2-6-16(7-3-1)15-23-18-9-4-8-17(12-18)13-20-21-14-19-10-5-11-22-19/h1-14H,15H2/b20-13-,21-14+. The van der Waals surface area contributed by atoms with Crippen LogP contribution in [0, 0.1) is 0 Å². The molecule has 0 spiro atoms. The summed E-state index contributed by atoms with van der Waals surface area (Å²) in [4.78, 5) is 0. The fourth-order valence-electron chi connectivity index (χ4n) is 1.98. The van der Waals surface area contributed by atoms with Crippen LogP contribution in [-0.4, -0.2) is 12.4 Å². The maximum atomic E-state index is 5.78. The Morgan fingerprint density at radius 1 is 0.870 bits per heavy atom. The van der Waals surface area contributed by atoms with Gasteiger partial charge in [0, 0.05) is 0 Å². The molecule has 4 heteroatoms. The molecule has 0 atom stereocenters. The minimum atomic E-state index is 0.540. The molecule has 0 unspecified atom stereocenters. The molecule has 1 heterocycles. The van der Waals surface area contributed by atoms with Gasteiger partial charge in [0.15, 0.2) is 0 Å². The van der Waals surface area contributed by atoms with Crippen molar-refractivity contribution in [1.82, 2.24) is 0 Å². The van der Waals surface area contributed by atoms with Gasteiger partial charge in [-0.05, 0) is 35.4 Å². The maximum Gasteiger partial charge on any atom is 0.146 e. The third kappa shape index (κ3) is 4.68. The van der Waals surface area contributed by atoms with Gasteiger partial charge >= 0.3 is 0 Å². The molecule has 0 aliphatic heterocycles. The lowest BCUT2D eigenvalue weighted by molar-refractivity contribution is 0.306. The fourth-order valence-corrected chi connectivity index (χ4v) is 1.98. The first-order valence-electron chi connectivity index (χ1n) is 7.27. The van der Waals surface area contributed by atoms with Crippen molar-refractivity contribution in [2.75, 3.05) is 0 Å². The first-order valence-corrected chi connectivity index (χ1v) is 7.27. The van der Waals surface area contributed by atoms with Gasteiger partial charge in [0.25, 0.3) is 0 Å². The van der Waals surface area contributed by atoms with Gasteiger partial charge in [-0.25, -0.2) is 0 Å². The van der Waals surface area contributed by atoms with E-state index in [0.29, 0.717) is 12.4 Å². The fraction of sp³-hybridized carbons (Fsp3) is 0.0526. The van der Waals surface area contributed by atoms with Crippen molar-refractivity contribution >= 4 is 12.4 Å². The Hall–Kier alpha value is -3.14. The number of hydrogen-bond donors (Lipinski definition) is 0. The highest BCUT2D eigenvalue weighted by Crippen LogP contribution is 2.14. The summed E-state index contributed by atoms with van der Waals surface area (Å²) in [6.45, 7) is 0.540. The van der Waals surface area contributed by atoms with Crippen molar-refractivity contribution in [3.63, 3.8) is 0 Å². The molecule has 3 rings (SSSR count). The molecule has 0 saturated carbocycles. The topological polar surface area (TPSA) is 47.1 Å². The summed E-state index contributed by atoms with van der Waals surface area (Å²) in [5.41, 5.74) is 2.06. The van der Waals surface area contributed by atoms with Crippen LogP contribution in [0.1, 0.15) is 16.9 Å². The number of hydrogen-bond acceptors (Lipinski definition) is 4. The van der Waals surface area contributed by atoms with Crippen molar-refractivity contribution in [2.24, 2.45) is 10.2 Å². The summed E-state index contributed by atoms with van der Waals surface area (Å²) in [6.07, 6.45) is 4.83. The highest BCUT2D eigenvalue weighted by atomic mass is 16.5. The van der Waals surface area contributed by atoms with E-state index < -0.39 is 0 Å². The van der Waals surface area contributed by atoms with Crippen LogP contribution in [0.25, 0.3) is 0 Å². The monoisotopic (exact) mass is 304 g/mol. The molecular weight excluding hydrogens is 288 g/mol. The maximum absolute atomic E-state index is 5.78.